The summed E-state index contributed by atoms with van der Waals surface area (Å²) in [5.41, 5.74) is 14.2. The van der Waals surface area contributed by atoms with Crippen LogP contribution < -0.4 is 0 Å². The Morgan fingerprint density at radius 1 is 0.286 bits per heavy atom. The Labute approximate surface area is 324 Å². The molecule has 0 amide bonds. The lowest BCUT2D eigenvalue weighted by Crippen LogP contribution is -1.91. The van der Waals surface area contributed by atoms with Gasteiger partial charge >= 0.3 is 0 Å². The van der Waals surface area contributed by atoms with Crippen LogP contribution in [0.25, 0.3) is 110 Å². The van der Waals surface area contributed by atoms with Crippen LogP contribution in [0.15, 0.2) is 200 Å². The molecule has 0 spiro atoms. The molecule has 3 heteroatoms. The molecule has 0 N–H and O–H groups in total. The van der Waals surface area contributed by atoms with Crippen molar-refractivity contribution >= 4 is 54.3 Å². The van der Waals surface area contributed by atoms with Gasteiger partial charge in [0.15, 0.2) is 0 Å². The highest BCUT2D eigenvalue weighted by atomic mass is 14.8. The van der Waals surface area contributed by atoms with Crippen LogP contribution in [0, 0.1) is 0 Å². The first kappa shape index (κ1) is 32.0. The maximum atomic E-state index is 5.18. The lowest BCUT2D eigenvalue weighted by Gasteiger charge is -2.13. The minimum atomic E-state index is 0.929. The van der Waals surface area contributed by atoms with Gasteiger partial charge in [-0.05, 0) is 97.4 Å². The number of pyridine rings is 3. The molecule has 0 aliphatic heterocycles. The molecule has 3 nitrogen and oxygen atoms in total. The fourth-order valence-electron chi connectivity index (χ4n) is 8.17. The summed E-state index contributed by atoms with van der Waals surface area (Å²) in [7, 11) is 0. The molecular weight excluding hydrogens is 679 g/mol. The van der Waals surface area contributed by atoms with Crippen molar-refractivity contribution < 1.29 is 0 Å². The van der Waals surface area contributed by atoms with Gasteiger partial charge in [0.25, 0.3) is 0 Å². The topological polar surface area (TPSA) is 38.7 Å². The number of hydrogen-bond donors (Lipinski definition) is 0. The largest absolute Gasteiger partial charge is 0.254 e. The number of rotatable bonds is 5. The number of benzene rings is 8. The standard InChI is InChI=1S/C53H33N3/c1-2-7-34(8-3-1)35-12-14-36(15-13-35)49-28-24-44-33-42(23-27-50(44)55-49)39-18-19-41-32-43(21-20-40(41)31-39)45-25-26-48(47-11-5-4-10-46(45)47)51-29-22-38-17-16-37-9-6-30-54-52(37)53(38)56-51/h1-33H. The summed E-state index contributed by atoms with van der Waals surface area (Å²) in [6, 6.07) is 69.3. The Balaban J connectivity index is 0.897. The zero-order valence-corrected chi connectivity index (χ0v) is 30.4. The van der Waals surface area contributed by atoms with E-state index in [2.05, 4.69) is 187 Å². The maximum absolute atomic E-state index is 5.18. The molecule has 11 rings (SSSR count). The van der Waals surface area contributed by atoms with Crippen molar-refractivity contribution in [1.82, 2.24) is 15.0 Å². The molecule has 56 heavy (non-hydrogen) atoms. The zero-order valence-electron chi connectivity index (χ0n) is 30.4. The van der Waals surface area contributed by atoms with Crippen molar-refractivity contribution in [2.24, 2.45) is 0 Å². The summed E-state index contributed by atoms with van der Waals surface area (Å²) >= 11 is 0. The van der Waals surface area contributed by atoms with Crippen molar-refractivity contribution in [1.29, 1.82) is 0 Å². The molecule has 0 fully saturated rings. The predicted octanol–water partition coefficient (Wildman–Crippen LogP) is 14.0. The second kappa shape index (κ2) is 13.1. The second-order valence-corrected chi connectivity index (χ2v) is 14.4. The van der Waals surface area contributed by atoms with Crippen LogP contribution in [-0.4, -0.2) is 15.0 Å². The number of aromatic nitrogens is 3. The Kier molecular flexibility index (Phi) is 7.49. The van der Waals surface area contributed by atoms with Crippen LogP contribution in [0.2, 0.25) is 0 Å². The maximum Gasteiger partial charge on any atom is 0.0972 e. The van der Waals surface area contributed by atoms with Crippen LogP contribution in [-0.2, 0) is 0 Å². The third-order valence-corrected chi connectivity index (χ3v) is 11.1. The van der Waals surface area contributed by atoms with Gasteiger partial charge in [-0.25, -0.2) is 9.97 Å². The molecule has 0 aliphatic rings. The average Bonchev–Trinajstić information content (AvgIpc) is 3.28. The summed E-state index contributed by atoms with van der Waals surface area (Å²) in [5.74, 6) is 0. The van der Waals surface area contributed by atoms with Gasteiger partial charge in [-0.15, -0.1) is 0 Å². The Bertz CT molecular complexity index is 3300. The van der Waals surface area contributed by atoms with Gasteiger partial charge in [-0.3, -0.25) is 4.98 Å². The minimum absolute atomic E-state index is 0.929. The summed E-state index contributed by atoms with van der Waals surface area (Å²) in [6.45, 7) is 0. The van der Waals surface area contributed by atoms with Crippen LogP contribution in [0.4, 0.5) is 0 Å². The quantitative estimate of drug-likeness (QED) is 0.167. The number of hydrogen-bond acceptors (Lipinski definition) is 3. The Morgan fingerprint density at radius 3 is 1.66 bits per heavy atom. The monoisotopic (exact) mass is 711 g/mol. The van der Waals surface area contributed by atoms with Gasteiger partial charge in [0.2, 0.25) is 0 Å². The van der Waals surface area contributed by atoms with E-state index in [9.17, 15) is 0 Å². The van der Waals surface area contributed by atoms with Gasteiger partial charge in [-0.1, -0.05) is 152 Å². The molecule has 0 saturated heterocycles. The summed E-state index contributed by atoms with van der Waals surface area (Å²) in [5, 5.41) is 8.12. The molecule has 11 aromatic rings. The van der Waals surface area contributed by atoms with Crippen molar-refractivity contribution in [2.45, 2.75) is 0 Å². The molecular formula is C53H33N3. The van der Waals surface area contributed by atoms with Crippen molar-refractivity contribution in [2.75, 3.05) is 0 Å². The average molecular weight is 712 g/mol. The zero-order chi connectivity index (χ0) is 37.0. The highest BCUT2D eigenvalue weighted by Crippen LogP contribution is 2.38. The van der Waals surface area contributed by atoms with E-state index in [0.717, 1.165) is 55.2 Å². The number of fused-ring (bicyclic) bond motifs is 6. The van der Waals surface area contributed by atoms with Crippen molar-refractivity contribution in [3.63, 3.8) is 0 Å². The summed E-state index contributed by atoms with van der Waals surface area (Å²) in [6.07, 6.45) is 1.84. The third-order valence-electron chi connectivity index (χ3n) is 11.1. The molecule has 3 aromatic heterocycles. The van der Waals surface area contributed by atoms with Crippen molar-refractivity contribution in [3.8, 4) is 55.9 Å². The molecule has 0 saturated carbocycles. The van der Waals surface area contributed by atoms with E-state index < -0.39 is 0 Å². The van der Waals surface area contributed by atoms with Crippen LogP contribution in [0.3, 0.4) is 0 Å². The molecule has 0 aliphatic carbocycles. The minimum Gasteiger partial charge on any atom is -0.254 e. The van der Waals surface area contributed by atoms with E-state index in [-0.39, 0.29) is 0 Å². The van der Waals surface area contributed by atoms with E-state index in [1.807, 2.05) is 18.3 Å². The fourth-order valence-corrected chi connectivity index (χ4v) is 8.17. The Hall–Kier alpha value is -7.49. The van der Waals surface area contributed by atoms with E-state index in [1.54, 1.807) is 0 Å². The molecule has 0 atom stereocenters. The first-order valence-electron chi connectivity index (χ1n) is 19.0. The van der Waals surface area contributed by atoms with Gasteiger partial charge in [0.05, 0.1) is 27.9 Å². The SMILES string of the molecule is c1ccc(-c2ccc(-c3ccc4cc(-c5ccc6cc(-c7ccc(-c8ccc9ccc%10cccnc%10c9n8)c8ccccc78)ccc6c5)ccc4n3)cc2)cc1. The lowest BCUT2D eigenvalue weighted by molar-refractivity contribution is 1.37. The third kappa shape index (κ3) is 5.57. The smallest absolute Gasteiger partial charge is 0.0972 e. The first-order chi connectivity index (χ1) is 27.7. The number of nitrogens with zero attached hydrogens (tertiary/aromatic N) is 3. The van der Waals surface area contributed by atoms with Crippen molar-refractivity contribution in [3.05, 3.63) is 200 Å². The van der Waals surface area contributed by atoms with Gasteiger partial charge < -0.3 is 0 Å². The lowest BCUT2D eigenvalue weighted by atomic mass is 9.92. The van der Waals surface area contributed by atoms with Crippen LogP contribution in [0.1, 0.15) is 0 Å². The first-order valence-corrected chi connectivity index (χ1v) is 19.0. The van der Waals surface area contributed by atoms with E-state index in [4.69, 9.17) is 9.97 Å². The van der Waals surface area contributed by atoms with Gasteiger partial charge in [0, 0.05) is 33.5 Å². The van der Waals surface area contributed by atoms with Gasteiger partial charge in [-0.2, -0.15) is 0 Å². The predicted molar refractivity (Wildman–Crippen MR) is 235 cm³/mol. The molecule has 0 radical (unpaired) electrons. The molecule has 0 unspecified atom stereocenters. The van der Waals surface area contributed by atoms with E-state index in [0.29, 0.717) is 0 Å². The highest BCUT2D eigenvalue weighted by molar-refractivity contribution is 6.08. The summed E-state index contributed by atoms with van der Waals surface area (Å²) < 4.78 is 0. The normalized spacial score (nSPS) is 11.6. The second-order valence-electron chi connectivity index (χ2n) is 14.4. The highest BCUT2D eigenvalue weighted by Gasteiger charge is 2.13. The summed E-state index contributed by atoms with van der Waals surface area (Å²) in [4.78, 5) is 14.9. The Morgan fingerprint density at radius 2 is 0.839 bits per heavy atom. The fraction of sp³-hybridized carbons (Fsp3) is 0. The van der Waals surface area contributed by atoms with Gasteiger partial charge in [0.1, 0.15) is 0 Å². The molecule has 260 valence electrons. The molecule has 8 aromatic carbocycles. The van der Waals surface area contributed by atoms with E-state index >= 15 is 0 Å². The van der Waals surface area contributed by atoms with Crippen LogP contribution >= 0.6 is 0 Å². The van der Waals surface area contributed by atoms with Crippen LogP contribution in [0.5, 0.6) is 0 Å². The molecule has 0 bridgehead atoms. The van der Waals surface area contributed by atoms with E-state index in [1.165, 1.54) is 54.9 Å². The molecule has 3 heterocycles.